The molecule has 4 nitrogen and oxygen atoms in total. The molecule has 1 aromatic carbocycles. The molecule has 3 rings (SSSR count). The maximum atomic E-state index is 13.4. The van der Waals surface area contributed by atoms with Crippen LogP contribution in [0.1, 0.15) is 31.9 Å². The number of fused-ring (bicyclic) bond motifs is 1. The van der Waals surface area contributed by atoms with Crippen LogP contribution in [0.25, 0.3) is 11.3 Å². The van der Waals surface area contributed by atoms with Crippen LogP contribution in [-0.4, -0.2) is 34.8 Å². The van der Waals surface area contributed by atoms with E-state index in [0.717, 1.165) is 47.9 Å². The van der Waals surface area contributed by atoms with Crippen LogP contribution in [0.4, 0.5) is 5.69 Å². The van der Waals surface area contributed by atoms with E-state index in [1.54, 1.807) is 0 Å². The van der Waals surface area contributed by atoms with Crippen LogP contribution in [0.3, 0.4) is 0 Å². The highest BCUT2D eigenvalue weighted by Gasteiger charge is 2.21. The molecular formula is C24H29N3O. The molecule has 0 radical (unpaired) electrons. The molecule has 0 amide bonds. The van der Waals surface area contributed by atoms with E-state index in [9.17, 15) is 4.79 Å². The van der Waals surface area contributed by atoms with Gasteiger partial charge in [-0.05, 0) is 44.6 Å². The monoisotopic (exact) mass is 375 g/mol. The van der Waals surface area contributed by atoms with Crippen LogP contribution >= 0.6 is 0 Å². The second-order valence-corrected chi connectivity index (χ2v) is 7.05. The van der Waals surface area contributed by atoms with E-state index in [-0.39, 0.29) is 5.56 Å². The lowest BCUT2D eigenvalue weighted by Crippen LogP contribution is -2.30. The quantitative estimate of drug-likeness (QED) is 0.559. The maximum Gasteiger partial charge on any atom is 0.260 e. The summed E-state index contributed by atoms with van der Waals surface area (Å²) in [4.78, 5) is 20.5. The van der Waals surface area contributed by atoms with E-state index in [1.165, 1.54) is 0 Å². The fourth-order valence-electron chi connectivity index (χ4n) is 3.62. The predicted octanol–water partition coefficient (Wildman–Crippen LogP) is 4.74. The molecule has 0 saturated carbocycles. The number of hydrogen-bond acceptors (Lipinski definition) is 3. The Kier molecular flexibility index (Phi) is 6.42. The lowest BCUT2D eigenvalue weighted by Gasteiger charge is -2.18. The Bertz CT molecular complexity index is 999. The van der Waals surface area contributed by atoms with E-state index in [1.807, 2.05) is 73.0 Å². The third-order valence-corrected chi connectivity index (χ3v) is 5.33. The summed E-state index contributed by atoms with van der Waals surface area (Å²) in [5.74, 6) is 0. The molecule has 146 valence electrons. The van der Waals surface area contributed by atoms with Crippen molar-refractivity contribution in [1.82, 2.24) is 9.47 Å². The minimum Gasteiger partial charge on any atom is -0.306 e. The van der Waals surface area contributed by atoms with Crippen molar-refractivity contribution in [2.75, 3.05) is 19.6 Å². The lowest BCUT2D eigenvalue weighted by molar-refractivity contribution is 0.290. The van der Waals surface area contributed by atoms with Crippen LogP contribution in [-0.2, 0) is 6.54 Å². The summed E-state index contributed by atoms with van der Waals surface area (Å²) in [6, 6.07) is 18.0. The Balaban J connectivity index is 2.09. The van der Waals surface area contributed by atoms with Gasteiger partial charge in [0.1, 0.15) is 0 Å². The minimum atomic E-state index is 0.0446. The Hall–Kier alpha value is -2.72. The summed E-state index contributed by atoms with van der Waals surface area (Å²) in [6.07, 6.45) is 0. The summed E-state index contributed by atoms with van der Waals surface area (Å²) >= 11 is 0. The number of para-hydroxylation sites is 1. The zero-order chi connectivity index (χ0) is 20.1. The van der Waals surface area contributed by atoms with E-state index in [4.69, 9.17) is 4.99 Å². The number of aromatic nitrogens is 1. The van der Waals surface area contributed by atoms with E-state index in [0.29, 0.717) is 12.1 Å². The van der Waals surface area contributed by atoms with Gasteiger partial charge in [-0.25, -0.2) is 0 Å². The highest BCUT2D eigenvalue weighted by Crippen LogP contribution is 2.26. The molecule has 1 heterocycles. The number of aryl methyl sites for hydroxylation is 1. The zero-order valence-corrected chi connectivity index (χ0v) is 17.3. The summed E-state index contributed by atoms with van der Waals surface area (Å²) in [6.45, 7) is 11.8. The molecule has 0 bridgehead atoms. The number of aliphatic imine (C=N–C) groups is 1. The number of benzene rings is 1. The highest BCUT2D eigenvalue weighted by molar-refractivity contribution is 6.05. The van der Waals surface area contributed by atoms with E-state index in [2.05, 4.69) is 18.7 Å². The third kappa shape index (κ3) is 4.07. The Morgan fingerprint density at radius 2 is 1.68 bits per heavy atom. The van der Waals surface area contributed by atoms with Crippen molar-refractivity contribution in [3.05, 3.63) is 76.1 Å². The summed E-state index contributed by atoms with van der Waals surface area (Å²) < 4.78 is 1.90. The van der Waals surface area contributed by atoms with Crippen molar-refractivity contribution >= 4 is 11.4 Å². The number of nitrogens with zero attached hydrogens (tertiary/aromatic N) is 3. The fourth-order valence-corrected chi connectivity index (χ4v) is 3.62. The van der Waals surface area contributed by atoms with Gasteiger partial charge in [-0.15, -0.1) is 0 Å². The molecule has 1 aromatic rings. The summed E-state index contributed by atoms with van der Waals surface area (Å²) in [5, 5.41) is 0. The Morgan fingerprint density at radius 3 is 2.39 bits per heavy atom. The van der Waals surface area contributed by atoms with Gasteiger partial charge in [-0.1, -0.05) is 56.3 Å². The van der Waals surface area contributed by atoms with Crippen LogP contribution in [0.2, 0.25) is 0 Å². The van der Waals surface area contributed by atoms with Gasteiger partial charge >= 0.3 is 0 Å². The average molecular weight is 376 g/mol. The zero-order valence-electron chi connectivity index (χ0n) is 17.3. The molecule has 0 aromatic heterocycles. The summed E-state index contributed by atoms with van der Waals surface area (Å²) in [7, 11) is 0. The van der Waals surface area contributed by atoms with Gasteiger partial charge in [0.05, 0.1) is 22.7 Å². The molecular weight excluding hydrogens is 346 g/mol. The molecule has 0 N–H and O–H groups in total. The number of rotatable bonds is 7. The van der Waals surface area contributed by atoms with Crippen molar-refractivity contribution in [2.45, 2.75) is 34.2 Å². The van der Waals surface area contributed by atoms with E-state index < -0.39 is 0 Å². The van der Waals surface area contributed by atoms with Crippen molar-refractivity contribution in [3.8, 4) is 11.3 Å². The van der Waals surface area contributed by atoms with Crippen LogP contribution < -0.4 is 5.56 Å². The fraction of sp³-hybridized carbons (Fsp3) is 0.333. The van der Waals surface area contributed by atoms with Crippen molar-refractivity contribution in [3.63, 3.8) is 0 Å². The molecule has 0 saturated heterocycles. The Morgan fingerprint density at radius 1 is 1.00 bits per heavy atom. The van der Waals surface area contributed by atoms with Crippen LogP contribution in [0.5, 0.6) is 0 Å². The first-order valence-corrected chi connectivity index (χ1v) is 10.0. The number of likely N-dealkylation sites (N-methyl/N-ethyl adjacent to an activating group) is 1. The van der Waals surface area contributed by atoms with Crippen molar-refractivity contribution in [1.29, 1.82) is 0 Å². The molecule has 0 spiro atoms. The molecule has 2 aliphatic rings. The SMILES string of the molecule is CCN(CC)CCn1c2cccccc-2c(/C(C)=N/c2ccccc2C)c1=O. The standard InChI is InChI=1S/C24H29N3O/c1-5-26(6-2)16-17-27-22-15-9-7-8-13-20(22)23(24(27)28)19(4)25-21-14-11-10-12-18(21)3/h7-15H,5-6,16-17H2,1-4H3/b25-19+. The molecule has 28 heavy (non-hydrogen) atoms. The normalized spacial score (nSPS) is 12.1. The molecule has 0 fully saturated rings. The minimum absolute atomic E-state index is 0.0446. The highest BCUT2D eigenvalue weighted by atomic mass is 16.1. The molecule has 0 unspecified atom stereocenters. The second-order valence-electron chi connectivity index (χ2n) is 7.05. The number of hydrogen-bond donors (Lipinski definition) is 0. The van der Waals surface area contributed by atoms with Crippen LogP contribution in [0, 0.1) is 6.92 Å². The molecule has 1 aliphatic heterocycles. The third-order valence-electron chi connectivity index (χ3n) is 5.33. The molecule has 4 heteroatoms. The first-order chi connectivity index (χ1) is 13.6. The van der Waals surface area contributed by atoms with E-state index >= 15 is 0 Å². The second kappa shape index (κ2) is 8.98. The van der Waals surface area contributed by atoms with Crippen molar-refractivity contribution in [2.24, 2.45) is 4.99 Å². The first kappa shape index (κ1) is 20.0. The predicted molar refractivity (Wildman–Crippen MR) is 118 cm³/mol. The molecule has 0 atom stereocenters. The molecule has 1 aliphatic carbocycles. The Labute approximate surface area is 167 Å². The van der Waals surface area contributed by atoms with Gasteiger partial charge in [-0.2, -0.15) is 0 Å². The van der Waals surface area contributed by atoms with Gasteiger partial charge in [-0.3, -0.25) is 9.79 Å². The first-order valence-electron chi connectivity index (χ1n) is 10.0. The summed E-state index contributed by atoms with van der Waals surface area (Å²) in [5.41, 5.74) is 5.45. The lowest BCUT2D eigenvalue weighted by atomic mass is 10.1. The smallest absolute Gasteiger partial charge is 0.260 e. The maximum absolute atomic E-state index is 13.4. The van der Waals surface area contributed by atoms with Gasteiger partial charge < -0.3 is 9.47 Å². The van der Waals surface area contributed by atoms with Gasteiger partial charge in [0.2, 0.25) is 0 Å². The van der Waals surface area contributed by atoms with Gasteiger partial charge in [0, 0.05) is 18.7 Å². The average Bonchev–Trinajstić information content (AvgIpc) is 2.83. The van der Waals surface area contributed by atoms with Gasteiger partial charge in [0.15, 0.2) is 0 Å². The largest absolute Gasteiger partial charge is 0.306 e. The van der Waals surface area contributed by atoms with Crippen LogP contribution in [0.15, 0.2) is 64.4 Å². The van der Waals surface area contributed by atoms with Gasteiger partial charge in [0.25, 0.3) is 5.56 Å². The van der Waals surface area contributed by atoms with Crippen molar-refractivity contribution < 1.29 is 0 Å². The topological polar surface area (TPSA) is 37.6 Å².